The van der Waals surface area contributed by atoms with Gasteiger partial charge in [-0.3, -0.25) is 4.79 Å². The summed E-state index contributed by atoms with van der Waals surface area (Å²) in [5.74, 6) is -0.0502. The maximum absolute atomic E-state index is 12.5. The zero-order valence-corrected chi connectivity index (χ0v) is 15.7. The number of nitrogens with one attached hydrogen (secondary N) is 1. The number of urea groups is 1. The molecular weight excluding hydrogens is 399 g/mol. The van der Waals surface area contributed by atoms with Crippen LogP contribution in [0.3, 0.4) is 0 Å². The Morgan fingerprint density at radius 2 is 1.68 bits per heavy atom. The highest BCUT2D eigenvalue weighted by atomic mass is 32.2. The number of hydrogen-bond donors (Lipinski definition) is 1. The molecule has 0 unspecified atom stereocenters. The van der Waals surface area contributed by atoms with Gasteiger partial charge in [0.2, 0.25) is 0 Å². The van der Waals surface area contributed by atoms with Gasteiger partial charge in [0.05, 0.1) is 0 Å². The summed E-state index contributed by atoms with van der Waals surface area (Å²) in [6.45, 7) is 2.08. The molecule has 2 aliphatic heterocycles. The minimum atomic E-state index is -4.83. The van der Waals surface area contributed by atoms with Crippen molar-refractivity contribution in [3.63, 3.8) is 0 Å². The molecule has 11 heteroatoms. The Kier molecular flexibility index (Phi) is 6.23. The summed E-state index contributed by atoms with van der Waals surface area (Å²) in [4.78, 5) is 27.5. The Labute approximate surface area is 162 Å². The molecule has 0 aromatic heterocycles. The summed E-state index contributed by atoms with van der Waals surface area (Å²) < 4.78 is 54.1. The third-order valence-corrected chi connectivity index (χ3v) is 5.73. The lowest BCUT2D eigenvalue weighted by atomic mass is 10.2. The summed E-state index contributed by atoms with van der Waals surface area (Å²) in [7, 11) is -3.11. The first-order valence-corrected chi connectivity index (χ1v) is 9.95. The molecule has 2 saturated heterocycles. The van der Waals surface area contributed by atoms with E-state index >= 15 is 0 Å². The lowest BCUT2D eigenvalue weighted by Gasteiger charge is -2.35. The normalized spacial score (nSPS) is 21.5. The first kappa shape index (κ1) is 20.6. The Hall–Kier alpha value is -2.14. The molecule has 2 heterocycles. The van der Waals surface area contributed by atoms with Crippen molar-refractivity contribution in [1.29, 1.82) is 0 Å². The lowest BCUT2D eigenvalue weighted by molar-refractivity contribution is -0.142. The monoisotopic (exact) mass is 419 g/mol. The summed E-state index contributed by atoms with van der Waals surface area (Å²) in [5.41, 5.74) is -4.53. The van der Waals surface area contributed by atoms with Gasteiger partial charge in [-0.15, -0.1) is 0 Å². The number of carbonyl (C=O) groups excluding carboxylic acids is 2. The maximum Gasteiger partial charge on any atom is 0.475 e. The third-order valence-electron chi connectivity index (χ3n) is 4.61. The molecule has 0 aliphatic carbocycles. The Morgan fingerprint density at radius 1 is 1.07 bits per heavy atom. The van der Waals surface area contributed by atoms with Gasteiger partial charge in [0.15, 0.2) is 10.8 Å². The van der Waals surface area contributed by atoms with Crippen LogP contribution in [0.4, 0.5) is 23.7 Å². The second-order valence-corrected chi connectivity index (χ2v) is 7.95. The fraction of sp³-hybridized carbons (Fsp3) is 0.529. The fourth-order valence-corrected chi connectivity index (χ4v) is 3.75. The highest BCUT2D eigenvalue weighted by Crippen LogP contribution is 2.27. The zero-order chi connectivity index (χ0) is 20.3. The van der Waals surface area contributed by atoms with Crippen LogP contribution in [0.1, 0.15) is 12.8 Å². The minimum Gasteiger partial charge on any atom is -0.368 e. The molecule has 1 N–H and O–H groups in total. The van der Waals surface area contributed by atoms with Gasteiger partial charge in [-0.2, -0.15) is 13.2 Å². The van der Waals surface area contributed by atoms with E-state index in [2.05, 4.69) is 5.32 Å². The largest absolute Gasteiger partial charge is 0.475 e. The van der Waals surface area contributed by atoms with E-state index in [-0.39, 0.29) is 16.9 Å². The van der Waals surface area contributed by atoms with Gasteiger partial charge in [-0.25, -0.2) is 9.00 Å². The third kappa shape index (κ3) is 4.82. The highest BCUT2D eigenvalue weighted by molar-refractivity contribution is 7.86. The molecule has 0 radical (unpaired) electrons. The van der Waals surface area contributed by atoms with E-state index in [0.717, 1.165) is 18.6 Å². The Morgan fingerprint density at radius 3 is 2.21 bits per heavy atom. The van der Waals surface area contributed by atoms with E-state index < -0.39 is 22.3 Å². The molecule has 0 bridgehead atoms. The molecule has 3 amide bonds. The second-order valence-electron chi connectivity index (χ2n) is 6.48. The standard InChI is InChI=1S/C17H20F3N3O4S/c18-17(19,20)28(26)13-5-3-12(4-6-13)21-16(25)23-9-7-22(8-10-23)15(24)14-2-1-11-27-14/h3-6,14H,1-2,7-11H2,(H,21,25)/t14-,28-/m0/s1. The van der Waals surface area contributed by atoms with Crippen molar-refractivity contribution in [3.05, 3.63) is 24.3 Å². The van der Waals surface area contributed by atoms with Crippen molar-refractivity contribution in [2.24, 2.45) is 0 Å². The highest BCUT2D eigenvalue weighted by Gasteiger charge is 2.38. The number of alkyl halides is 3. The smallest absolute Gasteiger partial charge is 0.368 e. The van der Waals surface area contributed by atoms with Gasteiger partial charge in [0, 0.05) is 43.4 Å². The molecular formula is C17H20F3N3O4S. The van der Waals surface area contributed by atoms with Gasteiger partial charge < -0.3 is 19.9 Å². The molecule has 2 atom stereocenters. The quantitative estimate of drug-likeness (QED) is 0.815. The minimum absolute atomic E-state index is 0.0502. The van der Waals surface area contributed by atoms with Gasteiger partial charge in [0.1, 0.15) is 6.10 Å². The molecule has 0 spiro atoms. The molecule has 2 aliphatic rings. The van der Waals surface area contributed by atoms with E-state index in [1.165, 1.54) is 17.0 Å². The zero-order valence-electron chi connectivity index (χ0n) is 14.9. The van der Waals surface area contributed by atoms with Crippen LogP contribution in [0.2, 0.25) is 0 Å². The Bertz CT molecular complexity index is 743. The molecule has 3 rings (SSSR count). The van der Waals surface area contributed by atoms with Crippen molar-refractivity contribution in [2.75, 3.05) is 38.1 Å². The van der Waals surface area contributed by atoms with E-state index in [0.29, 0.717) is 44.9 Å². The molecule has 154 valence electrons. The van der Waals surface area contributed by atoms with Gasteiger partial charge in [-0.05, 0) is 37.1 Å². The van der Waals surface area contributed by atoms with E-state index in [9.17, 15) is 27.0 Å². The number of nitrogens with zero attached hydrogens (tertiary/aromatic N) is 2. The first-order valence-electron chi connectivity index (χ1n) is 8.80. The average Bonchev–Trinajstić information content (AvgIpc) is 3.21. The van der Waals surface area contributed by atoms with Crippen LogP contribution in [-0.2, 0) is 20.3 Å². The second kappa shape index (κ2) is 8.48. The van der Waals surface area contributed by atoms with Crippen LogP contribution in [0, 0.1) is 0 Å². The topological polar surface area (TPSA) is 79.0 Å². The molecule has 2 fully saturated rings. The van der Waals surface area contributed by atoms with Crippen molar-refractivity contribution in [1.82, 2.24) is 9.80 Å². The fourth-order valence-electron chi connectivity index (χ4n) is 3.10. The van der Waals surface area contributed by atoms with Gasteiger partial charge in [-0.1, -0.05) is 0 Å². The molecule has 1 aromatic rings. The number of anilines is 1. The summed E-state index contributed by atoms with van der Waals surface area (Å²) in [6.07, 6.45) is 1.20. The maximum atomic E-state index is 12.5. The first-order chi connectivity index (χ1) is 13.3. The molecule has 28 heavy (non-hydrogen) atoms. The molecule has 7 nitrogen and oxygen atoms in total. The molecule has 1 aromatic carbocycles. The summed E-state index contributed by atoms with van der Waals surface area (Å²) >= 11 is 0. The number of carbonyl (C=O) groups is 2. The molecule has 0 saturated carbocycles. The van der Waals surface area contributed by atoms with E-state index in [4.69, 9.17) is 4.74 Å². The van der Waals surface area contributed by atoms with Crippen molar-refractivity contribution in [3.8, 4) is 0 Å². The average molecular weight is 419 g/mol. The van der Waals surface area contributed by atoms with Crippen molar-refractivity contribution < 1.29 is 31.7 Å². The predicted octanol–water partition coefficient (Wildman–Crippen LogP) is 2.17. The van der Waals surface area contributed by atoms with Crippen LogP contribution in [0.5, 0.6) is 0 Å². The van der Waals surface area contributed by atoms with E-state index in [1.54, 1.807) is 4.90 Å². The number of rotatable bonds is 3. The van der Waals surface area contributed by atoms with Crippen molar-refractivity contribution in [2.45, 2.75) is 29.3 Å². The Balaban J connectivity index is 1.50. The van der Waals surface area contributed by atoms with Crippen LogP contribution in [0.15, 0.2) is 29.2 Å². The SMILES string of the molecule is O=C(Nc1ccc([S@](=O)C(F)(F)F)cc1)N1CCN(C(=O)[C@@H]2CCCO2)CC1. The number of amides is 3. The number of ether oxygens (including phenoxy) is 1. The number of piperazine rings is 1. The number of hydrogen-bond acceptors (Lipinski definition) is 4. The van der Waals surface area contributed by atoms with Gasteiger partial charge in [0.25, 0.3) is 5.91 Å². The van der Waals surface area contributed by atoms with Crippen molar-refractivity contribution >= 4 is 28.4 Å². The van der Waals surface area contributed by atoms with Gasteiger partial charge >= 0.3 is 11.5 Å². The van der Waals surface area contributed by atoms with Crippen LogP contribution in [0.25, 0.3) is 0 Å². The summed E-state index contributed by atoms with van der Waals surface area (Å²) in [6, 6.07) is 4.27. The van der Waals surface area contributed by atoms with Crippen LogP contribution >= 0.6 is 0 Å². The number of benzene rings is 1. The summed E-state index contributed by atoms with van der Waals surface area (Å²) in [5, 5.41) is 2.59. The number of halogens is 3. The van der Waals surface area contributed by atoms with E-state index in [1.807, 2.05) is 0 Å². The lowest BCUT2D eigenvalue weighted by Crippen LogP contribution is -2.53. The predicted molar refractivity (Wildman–Crippen MR) is 95.1 cm³/mol. The van der Waals surface area contributed by atoms with Crippen LogP contribution in [-0.4, -0.2) is 70.3 Å². The van der Waals surface area contributed by atoms with Crippen LogP contribution < -0.4 is 5.32 Å².